The molecule has 1 aliphatic rings. The minimum Gasteiger partial charge on any atom is -0.334 e. The van der Waals surface area contributed by atoms with E-state index in [9.17, 15) is 4.79 Å². The molecular formula is C17H27N2O+. The Bertz CT molecular complexity index is 448. The van der Waals surface area contributed by atoms with Crippen molar-refractivity contribution in [3.8, 4) is 0 Å². The standard InChI is InChI=1S/C17H26N2O/c1-13-10-14(2)12-19(11-13)9-8-17(20)18-16-7-5-4-6-15(16)3/h4-7,13-14H,8-12H2,1-3H3,(H,18,20)/p+1/t13-,14-/m0/s1. The fraction of sp³-hybridized carbons (Fsp3) is 0.588. The Balaban J connectivity index is 1.79. The molecule has 3 heteroatoms. The molecule has 2 N–H and O–H groups in total. The van der Waals surface area contributed by atoms with Crippen LogP contribution in [0.1, 0.15) is 32.3 Å². The summed E-state index contributed by atoms with van der Waals surface area (Å²) in [4.78, 5) is 13.6. The lowest BCUT2D eigenvalue weighted by atomic mass is 9.92. The van der Waals surface area contributed by atoms with Gasteiger partial charge in [0.15, 0.2) is 0 Å². The molecule has 20 heavy (non-hydrogen) atoms. The summed E-state index contributed by atoms with van der Waals surface area (Å²) >= 11 is 0. The third-order valence-electron chi connectivity index (χ3n) is 4.20. The zero-order valence-corrected chi connectivity index (χ0v) is 12.9. The number of piperidine rings is 1. The molecule has 2 atom stereocenters. The normalized spacial score (nSPS) is 26.2. The number of nitrogens with one attached hydrogen (secondary N) is 2. The summed E-state index contributed by atoms with van der Waals surface area (Å²) in [7, 11) is 0. The number of hydrogen-bond donors (Lipinski definition) is 2. The minimum atomic E-state index is 0.137. The lowest BCUT2D eigenvalue weighted by Gasteiger charge is -2.31. The van der Waals surface area contributed by atoms with E-state index in [2.05, 4.69) is 19.2 Å². The Hall–Kier alpha value is -1.35. The highest BCUT2D eigenvalue weighted by Crippen LogP contribution is 2.13. The predicted molar refractivity (Wildman–Crippen MR) is 82.9 cm³/mol. The number of hydrogen-bond acceptors (Lipinski definition) is 1. The van der Waals surface area contributed by atoms with Crippen molar-refractivity contribution in [1.82, 2.24) is 0 Å². The van der Waals surface area contributed by atoms with Crippen LogP contribution in [0.3, 0.4) is 0 Å². The van der Waals surface area contributed by atoms with Crippen molar-refractivity contribution >= 4 is 11.6 Å². The number of aryl methyl sites for hydroxylation is 1. The maximum atomic E-state index is 12.0. The van der Waals surface area contributed by atoms with Crippen molar-refractivity contribution in [3.05, 3.63) is 29.8 Å². The van der Waals surface area contributed by atoms with Crippen molar-refractivity contribution in [1.29, 1.82) is 0 Å². The third kappa shape index (κ3) is 4.34. The molecule has 0 saturated carbocycles. The summed E-state index contributed by atoms with van der Waals surface area (Å²) in [6.07, 6.45) is 1.95. The largest absolute Gasteiger partial charge is 0.334 e. The smallest absolute Gasteiger partial charge is 0.230 e. The molecule has 0 aliphatic carbocycles. The maximum absolute atomic E-state index is 12.0. The van der Waals surface area contributed by atoms with E-state index < -0.39 is 0 Å². The number of anilines is 1. The van der Waals surface area contributed by atoms with E-state index in [1.807, 2.05) is 31.2 Å². The molecule has 1 fully saturated rings. The second kappa shape index (κ2) is 6.89. The summed E-state index contributed by atoms with van der Waals surface area (Å²) < 4.78 is 0. The Morgan fingerprint density at radius 3 is 2.55 bits per heavy atom. The summed E-state index contributed by atoms with van der Waals surface area (Å²) in [5, 5.41) is 3.02. The third-order valence-corrected chi connectivity index (χ3v) is 4.20. The molecule has 1 aromatic rings. The molecule has 1 aromatic carbocycles. The number of carbonyl (C=O) groups excluding carboxylic acids is 1. The van der Waals surface area contributed by atoms with Crippen molar-refractivity contribution < 1.29 is 9.69 Å². The monoisotopic (exact) mass is 275 g/mol. The Kier molecular flexibility index (Phi) is 5.18. The van der Waals surface area contributed by atoms with E-state index in [4.69, 9.17) is 0 Å². The first-order valence-corrected chi connectivity index (χ1v) is 7.73. The number of amides is 1. The fourth-order valence-electron chi connectivity index (χ4n) is 3.34. The van der Waals surface area contributed by atoms with Crippen molar-refractivity contribution in [2.75, 3.05) is 25.0 Å². The fourth-order valence-corrected chi connectivity index (χ4v) is 3.34. The molecular weight excluding hydrogens is 248 g/mol. The average molecular weight is 275 g/mol. The van der Waals surface area contributed by atoms with Crippen LogP contribution in [0.2, 0.25) is 0 Å². The summed E-state index contributed by atoms with van der Waals surface area (Å²) in [5.74, 6) is 1.71. The van der Waals surface area contributed by atoms with Crippen LogP contribution in [-0.2, 0) is 4.79 Å². The highest BCUT2D eigenvalue weighted by atomic mass is 16.1. The van der Waals surface area contributed by atoms with Gasteiger partial charge in [0.2, 0.25) is 5.91 Å². The lowest BCUT2D eigenvalue weighted by molar-refractivity contribution is -0.911. The van der Waals surface area contributed by atoms with Gasteiger partial charge in [-0.1, -0.05) is 32.0 Å². The zero-order chi connectivity index (χ0) is 14.5. The van der Waals surface area contributed by atoms with Crippen LogP contribution in [0.5, 0.6) is 0 Å². The Labute approximate surface area is 122 Å². The first kappa shape index (κ1) is 15.0. The molecule has 0 radical (unpaired) electrons. The molecule has 110 valence electrons. The van der Waals surface area contributed by atoms with Crippen LogP contribution in [0, 0.1) is 18.8 Å². The number of quaternary nitrogens is 1. The van der Waals surface area contributed by atoms with Gasteiger partial charge in [-0.2, -0.15) is 0 Å². The van der Waals surface area contributed by atoms with Gasteiger partial charge in [-0.3, -0.25) is 4.79 Å². The molecule has 0 aromatic heterocycles. The lowest BCUT2D eigenvalue weighted by Crippen LogP contribution is -3.14. The van der Waals surface area contributed by atoms with E-state index >= 15 is 0 Å². The van der Waals surface area contributed by atoms with E-state index in [1.54, 1.807) is 4.90 Å². The van der Waals surface area contributed by atoms with E-state index in [0.29, 0.717) is 6.42 Å². The van der Waals surface area contributed by atoms with Crippen molar-refractivity contribution in [3.63, 3.8) is 0 Å². The van der Waals surface area contributed by atoms with Gasteiger partial charge in [0.05, 0.1) is 26.1 Å². The second-order valence-corrected chi connectivity index (χ2v) is 6.47. The molecule has 0 spiro atoms. The molecule has 1 amide bonds. The summed E-state index contributed by atoms with van der Waals surface area (Å²) in [6, 6.07) is 7.94. The topological polar surface area (TPSA) is 33.5 Å². The number of rotatable bonds is 4. The highest BCUT2D eigenvalue weighted by molar-refractivity contribution is 5.91. The molecule has 1 aliphatic heterocycles. The van der Waals surface area contributed by atoms with Gasteiger partial charge in [0.1, 0.15) is 0 Å². The van der Waals surface area contributed by atoms with Crippen LogP contribution in [-0.4, -0.2) is 25.5 Å². The van der Waals surface area contributed by atoms with Crippen LogP contribution in [0.25, 0.3) is 0 Å². The van der Waals surface area contributed by atoms with Gasteiger partial charge in [-0.15, -0.1) is 0 Å². The van der Waals surface area contributed by atoms with Crippen molar-refractivity contribution in [2.24, 2.45) is 11.8 Å². The number of para-hydroxylation sites is 1. The summed E-state index contributed by atoms with van der Waals surface area (Å²) in [5.41, 5.74) is 2.06. The van der Waals surface area contributed by atoms with Crippen LogP contribution in [0.4, 0.5) is 5.69 Å². The Morgan fingerprint density at radius 1 is 1.25 bits per heavy atom. The molecule has 0 unspecified atom stereocenters. The van der Waals surface area contributed by atoms with E-state index in [-0.39, 0.29) is 5.91 Å². The van der Waals surface area contributed by atoms with Crippen LogP contribution >= 0.6 is 0 Å². The van der Waals surface area contributed by atoms with Crippen molar-refractivity contribution in [2.45, 2.75) is 33.6 Å². The van der Waals surface area contributed by atoms with Crippen LogP contribution < -0.4 is 10.2 Å². The quantitative estimate of drug-likeness (QED) is 0.864. The molecule has 2 rings (SSSR count). The number of carbonyl (C=O) groups is 1. The van der Waals surface area contributed by atoms with Gasteiger partial charge in [0.25, 0.3) is 0 Å². The van der Waals surface area contributed by atoms with E-state index in [0.717, 1.165) is 29.6 Å². The van der Waals surface area contributed by atoms with Gasteiger partial charge in [-0.05, 0) is 25.0 Å². The first-order valence-electron chi connectivity index (χ1n) is 7.73. The molecule has 0 bridgehead atoms. The SMILES string of the molecule is Cc1ccccc1NC(=O)CC[NH+]1C[C@@H](C)C[C@H](C)C1. The highest BCUT2D eigenvalue weighted by Gasteiger charge is 2.25. The maximum Gasteiger partial charge on any atom is 0.230 e. The first-order chi connectivity index (χ1) is 9.54. The number of benzene rings is 1. The molecule has 3 nitrogen and oxygen atoms in total. The average Bonchev–Trinajstić information content (AvgIpc) is 2.38. The predicted octanol–water partition coefficient (Wildman–Crippen LogP) is 1.88. The van der Waals surface area contributed by atoms with Gasteiger partial charge >= 0.3 is 0 Å². The molecule has 1 heterocycles. The second-order valence-electron chi connectivity index (χ2n) is 6.47. The van der Waals surface area contributed by atoms with Gasteiger partial charge < -0.3 is 10.2 Å². The van der Waals surface area contributed by atoms with E-state index in [1.165, 1.54) is 19.5 Å². The summed E-state index contributed by atoms with van der Waals surface area (Å²) in [6.45, 7) is 10.0. The van der Waals surface area contributed by atoms with Gasteiger partial charge in [-0.25, -0.2) is 0 Å². The van der Waals surface area contributed by atoms with Gasteiger partial charge in [0, 0.05) is 17.5 Å². The molecule has 1 saturated heterocycles. The zero-order valence-electron chi connectivity index (χ0n) is 12.9. The van der Waals surface area contributed by atoms with Crippen LogP contribution in [0.15, 0.2) is 24.3 Å². The Morgan fingerprint density at radius 2 is 1.90 bits per heavy atom. The number of likely N-dealkylation sites (tertiary alicyclic amines) is 1. The minimum absolute atomic E-state index is 0.137.